The molecule has 2 atom stereocenters. The van der Waals surface area contributed by atoms with Crippen LogP contribution in [0.4, 0.5) is 0 Å². The van der Waals surface area contributed by atoms with Crippen LogP contribution in [0.15, 0.2) is 0 Å². The van der Waals surface area contributed by atoms with Crippen LogP contribution in [0.2, 0.25) is 0 Å². The van der Waals surface area contributed by atoms with Crippen LogP contribution in [-0.2, 0) is 0 Å². The summed E-state index contributed by atoms with van der Waals surface area (Å²) in [4.78, 5) is 2.47. The maximum atomic E-state index is 2.47. The van der Waals surface area contributed by atoms with Crippen molar-refractivity contribution in [3.05, 3.63) is 0 Å². The molecule has 1 heteroatoms. The SMILES string of the molecule is CC(C)CCC1CCN(C)CC1C. The number of hydrogen-bond donors (Lipinski definition) is 0. The standard InChI is InChI=1S/C12H25N/c1-10(2)5-6-12-7-8-13(4)9-11(12)3/h10-12H,5-9H2,1-4H3. The first kappa shape index (κ1) is 11.0. The molecule has 0 radical (unpaired) electrons. The van der Waals surface area contributed by atoms with E-state index in [1.54, 1.807) is 0 Å². The molecule has 0 aliphatic carbocycles. The van der Waals surface area contributed by atoms with Gasteiger partial charge in [-0.05, 0) is 44.2 Å². The summed E-state index contributed by atoms with van der Waals surface area (Å²) in [6.45, 7) is 9.70. The second kappa shape index (κ2) is 4.99. The van der Waals surface area contributed by atoms with E-state index in [1.165, 1.54) is 32.4 Å². The summed E-state index contributed by atoms with van der Waals surface area (Å²) in [6, 6.07) is 0. The van der Waals surface area contributed by atoms with Gasteiger partial charge in [0.05, 0.1) is 0 Å². The Bertz CT molecular complexity index is 142. The fourth-order valence-electron chi connectivity index (χ4n) is 2.38. The van der Waals surface area contributed by atoms with Gasteiger partial charge in [0.2, 0.25) is 0 Å². The maximum absolute atomic E-state index is 2.47. The fraction of sp³-hybridized carbons (Fsp3) is 1.00. The molecule has 1 saturated heterocycles. The topological polar surface area (TPSA) is 3.24 Å². The van der Waals surface area contributed by atoms with Crippen LogP contribution >= 0.6 is 0 Å². The Balaban J connectivity index is 2.25. The van der Waals surface area contributed by atoms with Crippen molar-refractivity contribution in [1.82, 2.24) is 4.90 Å². The Morgan fingerprint density at radius 3 is 2.62 bits per heavy atom. The second-order valence-electron chi connectivity index (χ2n) is 5.26. The molecule has 1 fully saturated rings. The van der Waals surface area contributed by atoms with E-state index < -0.39 is 0 Å². The van der Waals surface area contributed by atoms with E-state index in [0.29, 0.717) is 0 Å². The van der Waals surface area contributed by atoms with Crippen molar-refractivity contribution in [2.75, 3.05) is 20.1 Å². The van der Waals surface area contributed by atoms with Crippen LogP contribution in [0.5, 0.6) is 0 Å². The minimum absolute atomic E-state index is 0.881. The zero-order valence-electron chi connectivity index (χ0n) is 9.71. The predicted octanol–water partition coefficient (Wildman–Crippen LogP) is 3.01. The molecular weight excluding hydrogens is 158 g/mol. The Morgan fingerprint density at radius 2 is 2.08 bits per heavy atom. The average Bonchev–Trinajstić information content (AvgIpc) is 2.02. The summed E-state index contributed by atoms with van der Waals surface area (Å²) >= 11 is 0. The fourth-order valence-corrected chi connectivity index (χ4v) is 2.38. The Morgan fingerprint density at radius 1 is 1.38 bits per heavy atom. The van der Waals surface area contributed by atoms with Crippen molar-refractivity contribution in [3.63, 3.8) is 0 Å². The van der Waals surface area contributed by atoms with E-state index >= 15 is 0 Å². The van der Waals surface area contributed by atoms with E-state index in [4.69, 9.17) is 0 Å². The van der Waals surface area contributed by atoms with E-state index in [-0.39, 0.29) is 0 Å². The Kier molecular flexibility index (Phi) is 4.24. The van der Waals surface area contributed by atoms with Crippen LogP contribution in [0.25, 0.3) is 0 Å². The molecule has 1 nitrogen and oxygen atoms in total. The number of nitrogens with zero attached hydrogens (tertiary/aromatic N) is 1. The van der Waals surface area contributed by atoms with Gasteiger partial charge in [0, 0.05) is 6.54 Å². The number of rotatable bonds is 3. The molecule has 1 heterocycles. The number of piperidine rings is 1. The predicted molar refractivity (Wildman–Crippen MR) is 58.8 cm³/mol. The van der Waals surface area contributed by atoms with Gasteiger partial charge < -0.3 is 4.90 Å². The maximum Gasteiger partial charge on any atom is 0.000662 e. The third-order valence-electron chi connectivity index (χ3n) is 3.40. The normalized spacial score (nSPS) is 31.2. The van der Waals surface area contributed by atoms with Gasteiger partial charge in [0.15, 0.2) is 0 Å². The first-order chi connectivity index (χ1) is 6.09. The lowest BCUT2D eigenvalue weighted by atomic mass is 9.82. The van der Waals surface area contributed by atoms with E-state index in [9.17, 15) is 0 Å². The van der Waals surface area contributed by atoms with Crippen LogP contribution < -0.4 is 0 Å². The highest BCUT2D eigenvalue weighted by Crippen LogP contribution is 2.27. The van der Waals surface area contributed by atoms with Crippen LogP contribution in [-0.4, -0.2) is 25.0 Å². The molecule has 0 saturated carbocycles. The summed E-state index contributed by atoms with van der Waals surface area (Å²) < 4.78 is 0. The summed E-state index contributed by atoms with van der Waals surface area (Å²) in [5, 5.41) is 0. The molecule has 78 valence electrons. The molecule has 0 N–H and O–H groups in total. The first-order valence-corrected chi connectivity index (χ1v) is 5.78. The van der Waals surface area contributed by atoms with Crippen LogP contribution in [0.3, 0.4) is 0 Å². The van der Waals surface area contributed by atoms with Gasteiger partial charge in [-0.2, -0.15) is 0 Å². The first-order valence-electron chi connectivity index (χ1n) is 5.78. The second-order valence-corrected chi connectivity index (χ2v) is 5.26. The van der Waals surface area contributed by atoms with Gasteiger partial charge in [-0.15, -0.1) is 0 Å². The molecule has 1 rings (SSSR count). The third kappa shape index (κ3) is 3.68. The van der Waals surface area contributed by atoms with Crippen molar-refractivity contribution in [3.8, 4) is 0 Å². The molecule has 0 bridgehead atoms. The zero-order chi connectivity index (χ0) is 9.84. The van der Waals surface area contributed by atoms with Gasteiger partial charge in [0.25, 0.3) is 0 Å². The minimum atomic E-state index is 0.881. The molecule has 13 heavy (non-hydrogen) atoms. The van der Waals surface area contributed by atoms with Crippen LogP contribution in [0.1, 0.15) is 40.0 Å². The highest BCUT2D eigenvalue weighted by Gasteiger charge is 2.23. The molecule has 1 aliphatic heterocycles. The number of likely N-dealkylation sites (tertiary alicyclic amines) is 1. The van der Waals surface area contributed by atoms with Crippen molar-refractivity contribution >= 4 is 0 Å². The van der Waals surface area contributed by atoms with Gasteiger partial charge in [0.1, 0.15) is 0 Å². The molecule has 0 aromatic heterocycles. The smallest absolute Gasteiger partial charge is 0.000662 e. The van der Waals surface area contributed by atoms with Gasteiger partial charge in [-0.1, -0.05) is 27.2 Å². The average molecular weight is 183 g/mol. The van der Waals surface area contributed by atoms with Gasteiger partial charge >= 0.3 is 0 Å². The molecule has 0 amide bonds. The Labute approximate surface area is 83.5 Å². The van der Waals surface area contributed by atoms with Gasteiger partial charge in [-0.3, -0.25) is 0 Å². The summed E-state index contributed by atoms with van der Waals surface area (Å²) in [5.74, 6) is 2.79. The third-order valence-corrected chi connectivity index (χ3v) is 3.40. The van der Waals surface area contributed by atoms with Crippen molar-refractivity contribution in [1.29, 1.82) is 0 Å². The highest BCUT2D eigenvalue weighted by atomic mass is 15.1. The molecule has 0 aromatic carbocycles. The number of hydrogen-bond acceptors (Lipinski definition) is 1. The molecule has 1 aliphatic rings. The van der Waals surface area contributed by atoms with Gasteiger partial charge in [-0.25, -0.2) is 0 Å². The molecule has 2 unspecified atom stereocenters. The largest absolute Gasteiger partial charge is 0.306 e. The molecule has 0 aromatic rings. The zero-order valence-corrected chi connectivity index (χ0v) is 9.71. The minimum Gasteiger partial charge on any atom is -0.306 e. The van der Waals surface area contributed by atoms with Crippen molar-refractivity contribution in [2.45, 2.75) is 40.0 Å². The summed E-state index contributed by atoms with van der Waals surface area (Å²) in [5.41, 5.74) is 0. The summed E-state index contributed by atoms with van der Waals surface area (Å²) in [7, 11) is 2.25. The van der Waals surface area contributed by atoms with E-state index in [2.05, 4.69) is 32.7 Å². The van der Waals surface area contributed by atoms with Crippen LogP contribution in [0, 0.1) is 17.8 Å². The molecular formula is C12H25N. The summed E-state index contributed by atoms with van der Waals surface area (Å²) in [6.07, 6.45) is 4.29. The lowest BCUT2D eigenvalue weighted by Gasteiger charge is -2.35. The molecule has 0 spiro atoms. The monoisotopic (exact) mass is 183 g/mol. The van der Waals surface area contributed by atoms with E-state index in [1.807, 2.05) is 0 Å². The van der Waals surface area contributed by atoms with Crippen molar-refractivity contribution in [2.24, 2.45) is 17.8 Å². The van der Waals surface area contributed by atoms with Crippen molar-refractivity contribution < 1.29 is 0 Å². The lowest BCUT2D eigenvalue weighted by Crippen LogP contribution is -2.36. The Hall–Kier alpha value is -0.0400. The van der Waals surface area contributed by atoms with E-state index in [0.717, 1.165) is 17.8 Å². The quantitative estimate of drug-likeness (QED) is 0.650. The lowest BCUT2D eigenvalue weighted by molar-refractivity contribution is 0.143. The highest BCUT2D eigenvalue weighted by molar-refractivity contribution is 4.76.